The Kier molecular flexibility index (Phi) is 31.1. The number of thioether (sulfide) groups is 1. The van der Waals surface area contributed by atoms with E-state index in [0.29, 0.717) is 12.2 Å². The van der Waals surface area contributed by atoms with E-state index in [0.717, 1.165) is 67.5 Å². The quantitative estimate of drug-likeness (QED) is 0.0287. The molecule has 1 aliphatic rings. The first-order chi connectivity index (χ1) is 31.6. The number of rotatable bonds is 32. The average Bonchev–Trinajstić information content (AvgIpc) is 3.81. The van der Waals surface area contributed by atoms with E-state index in [1.54, 1.807) is 0 Å². The summed E-state index contributed by atoms with van der Waals surface area (Å²) in [6.45, 7) is 2.37. The van der Waals surface area contributed by atoms with Crippen LogP contribution in [0.2, 0.25) is 0 Å². The molecule has 0 saturated carbocycles. The first-order valence-electron chi connectivity index (χ1n) is 21.5. The van der Waals surface area contributed by atoms with E-state index in [1.807, 2.05) is 0 Å². The lowest BCUT2D eigenvalue weighted by Crippen LogP contribution is -2.46. The smallest absolute Gasteiger partial charge is 0.274 e. The molecule has 0 spiro atoms. The second kappa shape index (κ2) is 32.7. The van der Waals surface area contributed by atoms with Gasteiger partial charge in [-0.3, -0.25) is 32.6 Å². The Balaban J connectivity index is 0.0000159. The third-order valence-electron chi connectivity index (χ3n) is 9.76. The van der Waals surface area contributed by atoms with E-state index in [9.17, 15) is 57.9 Å². The van der Waals surface area contributed by atoms with Crippen LogP contribution in [-0.2, 0) is 50.7 Å². The highest BCUT2D eigenvalue weighted by molar-refractivity contribution is 8.13. The number of phosphoric ester groups is 3. The number of imidazole rings is 1. The van der Waals surface area contributed by atoms with Crippen LogP contribution in [0.3, 0.4) is 0 Å². The number of hydrogen-bond donors (Lipinski definition) is 9. The van der Waals surface area contributed by atoms with Gasteiger partial charge in [0.15, 0.2) is 22.8 Å². The second-order valence-electron chi connectivity index (χ2n) is 15.9. The van der Waals surface area contributed by atoms with Crippen LogP contribution < -0.4 is 49.5 Å². The largest absolute Gasteiger partial charge is 0.756 e. The molecule has 2 amide bonds. The van der Waals surface area contributed by atoms with Gasteiger partial charge < -0.3 is 82.9 Å². The molecule has 19 N–H and O–H groups in total. The van der Waals surface area contributed by atoms with E-state index in [1.165, 1.54) is 33.1 Å². The number of aromatic nitrogens is 4. The third-order valence-corrected chi connectivity index (χ3v) is 13.7. The van der Waals surface area contributed by atoms with Crippen LogP contribution in [-0.4, -0.2) is 108 Å². The number of anilines is 1. The van der Waals surface area contributed by atoms with E-state index in [2.05, 4.69) is 86.8 Å². The van der Waals surface area contributed by atoms with E-state index in [-0.39, 0.29) is 60.1 Å². The summed E-state index contributed by atoms with van der Waals surface area (Å²) in [4.78, 5) is 94.8. The van der Waals surface area contributed by atoms with Crippen molar-refractivity contribution in [1.29, 1.82) is 0 Å². The number of phosphoric acid groups is 3. The molecule has 0 aliphatic carbocycles. The summed E-state index contributed by atoms with van der Waals surface area (Å²) in [5.74, 6) is -1.16. The van der Waals surface area contributed by atoms with E-state index in [4.69, 9.17) is 10.5 Å². The van der Waals surface area contributed by atoms with E-state index < -0.39 is 84.6 Å². The van der Waals surface area contributed by atoms with Crippen LogP contribution in [0, 0.1) is 5.41 Å². The Morgan fingerprint density at radius 1 is 0.914 bits per heavy atom. The zero-order valence-electron chi connectivity index (χ0n) is 40.5. The van der Waals surface area contributed by atoms with Crippen molar-refractivity contribution in [3.8, 4) is 0 Å². The third kappa shape index (κ3) is 24.4. The molecule has 2 aromatic rings. The fourth-order valence-corrected chi connectivity index (χ4v) is 9.64. The maximum atomic E-state index is 12.6. The topological polar surface area (TPSA) is 482 Å². The number of fused-ring (bicyclic) bond motifs is 1. The van der Waals surface area contributed by atoms with Crippen LogP contribution in [0.4, 0.5) is 5.82 Å². The molecule has 0 bridgehead atoms. The summed E-state index contributed by atoms with van der Waals surface area (Å²) >= 11 is 1.11. The lowest BCUT2D eigenvalue weighted by atomic mass is 9.87. The minimum Gasteiger partial charge on any atom is -0.756 e. The Labute approximate surface area is 411 Å². The number of allylic oxidation sites excluding steroid dienone is 6. The number of carbonyl (C=O) groups excluding carboxylic acids is 3. The molecule has 3 unspecified atom stereocenters. The molecule has 8 atom stereocenters. The highest BCUT2D eigenvalue weighted by Crippen LogP contribution is 2.56. The number of nitrogens with zero attached hydrogens (tertiary/aromatic N) is 4. The number of aliphatic hydroxyl groups excluding tert-OH is 2. The minimum atomic E-state index is -5.91. The van der Waals surface area contributed by atoms with Crippen molar-refractivity contribution in [2.75, 3.05) is 37.8 Å². The number of nitrogens with one attached hydrogen (secondary N) is 2. The lowest BCUT2D eigenvalue weighted by Gasteiger charge is -2.35. The van der Waals surface area contributed by atoms with Crippen molar-refractivity contribution < 1.29 is 80.5 Å². The van der Waals surface area contributed by atoms with Gasteiger partial charge in [0.25, 0.3) is 23.5 Å². The Morgan fingerprint density at radius 3 is 2.16 bits per heavy atom. The normalized spacial score (nSPS) is 20.2. The van der Waals surface area contributed by atoms with Gasteiger partial charge in [-0.2, -0.15) is 0 Å². The molecule has 0 radical (unpaired) electrons. The molecular weight excluding hydrogens is 1010 g/mol. The molecule has 2 aromatic heterocycles. The molecule has 0 aromatic carbocycles. The number of hydrogen-bond acceptors (Lipinski definition) is 21. The molecule has 31 heteroatoms. The molecule has 3 rings (SSSR count). The molecule has 1 aliphatic heterocycles. The number of amides is 2. The van der Waals surface area contributed by atoms with Crippen molar-refractivity contribution in [1.82, 2.24) is 48.6 Å². The molecule has 1 saturated heterocycles. The molecular formula is C39H73N10O17P3S. The molecule has 1 fully saturated rings. The zero-order chi connectivity index (χ0) is 49.7. The van der Waals surface area contributed by atoms with Gasteiger partial charge in [0.1, 0.15) is 36.3 Å². The van der Waals surface area contributed by atoms with Gasteiger partial charge in [-0.05, 0) is 44.9 Å². The number of ether oxygens (including phenoxy) is 1. The standard InChI is InChI=1S/C39H64N7O17P3S.3H3N/c1-4-5-6-7-8-9-10-11-12-13-14-15-16-17-18-19-30(48)67-23-22-41-29(47)20-21-42-37(51)34(50)39(2,3)25-60-66(57,58)63-65(55,56)59-24-28-33(62-64(52,53)54)32(49)38(61-28)46-27-45-31-35(40)43-26-44-36(31)46;;;/h8-9,11-12,14-15,26-28,32-34,38,49-50H,4-7,10,13,16-25H2,1-3H3,(H,41,47)(H,42,51)(H,55,56)(H,57,58)(H2,40,43,44)(H2,52,53,54);3*1H3/b9-8-,12-11-,15-14-;;;/t28-,32-,33-,34+,38-;;;/m1.../s1. The molecule has 3 heterocycles. The van der Waals surface area contributed by atoms with Crippen molar-refractivity contribution >= 4 is 69.1 Å². The van der Waals surface area contributed by atoms with Crippen LogP contribution in [0.25, 0.3) is 11.2 Å². The zero-order valence-corrected chi connectivity index (χ0v) is 44.0. The SMILES string of the molecule is CCCCC/C=C\C/C=C\C/C=C\CCCCC(=O)SCCNC(=O)CCNC(=O)[C@H](O)C(C)(C)COP(=O)([O-])OP(=O)([O-])OC[C@H]1O[C@@H](n2cnc3c(N)ncnc32)[C@H](O)[C@@H]1OP(=O)([O-])O.[NH4+].[NH4+].[NH4+]. The van der Waals surface area contributed by atoms with Gasteiger partial charge in [-0.25, -0.2) is 19.3 Å². The highest BCUT2D eigenvalue weighted by atomic mass is 32.2. The van der Waals surface area contributed by atoms with Crippen molar-refractivity contribution in [3.05, 3.63) is 49.1 Å². The number of aliphatic hydroxyl groups is 2. The Bertz CT molecular complexity index is 2150. The van der Waals surface area contributed by atoms with Crippen molar-refractivity contribution in [2.24, 2.45) is 5.41 Å². The van der Waals surface area contributed by atoms with Crippen LogP contribution >= 0.6 is 35.2 Å². The lowest BCUT2D eigenvalue weighted by molar-refractivity contribution is -0.247. The maximum absolute atomic E-state index is 12.6. The maximum Gasteiger partial charge on any atom is 0.274 e. The Morgan fingerprint density at radius 2 is 1.53 bits per heavy atom. The number of carbonyl (C=O) groups is 3. The second-order valence-corrected chi connectivity index (χ2v) is 21.1. The molecule has 402 valence electrons. The predicted molar refractivity (Wildman–Crippen MR) is 258 cm³/mol. The first-order valence-corrected chi connectivity index (χ1v) is 26.9. The van der Waals surface area contributed by atoms with E-state index >= 15 is 0 Å². The summed E-state index contributed by atoms with van der Waals surface area (Å²) in [7, 11) is -17.3. The number of nitrogens with two attached hydrogens (primary N) is 1. The highest BCUT2D eigenvalue weighted by Gasteiger charge is 2.48. The number of unbranched alkanes of at least 4 members (excludes halogenated alkanes) is 5. The fraction of sp³-hybridized carbons (Fsp3) is 0.641. The monoisotopic (exact) mass is 1080 g/mol. The summed E-state index contributed by atoms with van der Waals surface area (Å²) in [5.41, 5.74) is 4.12. The Hall–Kier alpha value is -3.34. The average molecular weight is 1080 g/mol. The van der Waals surface area contributed by atoms with Gasteiger partial charge in [0, 0.05) is 37.1 Å². The molecule has 27 nitrogen and oxygen atoms in total. The van der Waals surface area contributed by atoms with Gasteiger partial charge in [0.2, 0.25) is 11.8 Å². The van der Waals surface area contributed by atoms with Crippen LogP contribution in [0.5, 0.6) is 0 Å². The summed E-state index contributed by atoms with van der Waals surface area (Å²) in [6.07, 6.45) is 15.2. The predicted octanol–water partition coefficient (Wildman–Crippen LogP) is 3.49. The van der Waals surface area contributed by atoms with Gasteiger partial charge in [0.05, 0.1) is 19.5 Å². The minimum absolute atomic E-state index is 0. The summed E-state index contributed by atoms with van der Waals surface area (Å²) in [6, 6.07) is 0. The van der Waals surface area contributed by atoms with Crippen molar-refractivity contribution in [3.63, 3.8) is 0 Å². The van der Waals surface area contributed by atoms with Crippen LogP contribution in [0.1, 0.15) is 97.6 Å². The van der Waals surface area contributed by atoms with Gasteiger partial charge in [-0.1, -0.05) is 81.8 Å². The summed E-state index contributed by atoms with van der Waals surface area (Å²) in [5, 5.41) is 26.4. The first kappa shape index (κ1) is 66.7. The fourth-order valence-electron chi connectivity index (χ4n) is 6.17. The molecule has 70 heavy (non-hydrogen) atoms. The van der Waals surface area contributed by atoms with Crippen molar-refractivity contribution in [2.45, 2.75) is 122 Å². The van der Waals surface area contributed by atoms with Crippen LogP contribution in [0.15, 0.2) is 49.1 Å². The van der Waals surface area contributed by atoms with Gasteiger partial charge in [-0.15, -0.1) is 0 Å². The van der Waals surface area contributed by atoms with Gasteiger partial charge >= 0.3 is 0 Å². The number of quaternary nitrogens is 3. The summed E-state index contributed by atoms with van der Waals surface area (Å²) < 4.78 is 61.1. The number of nitrogen functional groups attached to an aromatic ring is 1.